The van der Waals surface area contributed by atoms with Crippen molar-refractivity contribution in [3.05, 3.63) is 76.5 Å². The summed E-state index contributed by atoms with van der Waals surface area (Å²) >= 11 is 0. The van der Waals surface area contributed by atoms with Gasteiger partial charge in [0.25, 0.3) is 0 Å². The topological polar surface area (TPSA) is 53.0 Å². The van der Waals surface area contributed by atoms with Crippen LogP contribution < -0.4 is 5.69 Å². The smallest absolute Gasteiger partial charge is 0.329 e. The minimum absolute atomic E-state index is 0.0245. The minimum atomic E-state index is -0.0245. The summed E-state index contributed by atoms with van der Waals surface area (Å²) < 4.78 is 9.13. The Bertz CT molecular complexity index is 1080. The van der Waals surface area contributed by atoms with Crippen LogP contribution in [0.3, 0.4) is 0 Å². The maximum Gasteiger partial charge on any atom is 0.329 e. The lowest BCUT2D eigenvalue weighted by Gasteiger charge is -1.99. The fourth-order valence-corrected chi connectivity index (χ4v) is 3.10. The van der Waals surface area contributed by atoms with Crippen molar-refractivity contribution in [2.75, 3.05) is 0 Å². The summed E-state index contributed by atoms with van der Waals surface area (Å²) in [5.74, 6) is 0.572. The molecular weight excluding hydrogens is 314 g/mol. The molecule has 0 radical (unpaired) electrons. The van der Waals surface area contributed by atoms with Crippen molar-refractivity contribution < 1.29 is 4.42 Å². The Balaban J connectivity index is 1.72. The molecule has 5 heteroatoms. The zero-order valence-electron chi connectivity index (χ0n) is 14.3. The van der Waals surface area contributed by atoms with Crippen LogP contribution in [0.4, 0.5) is 0 Å². The molecule has 126 valence electrons. The van der Waals surface area contributed by atoms with Crippen molar-refractivity contribution in [3.8, 4) is 11.5 Å². The number of hydrogen-bond donors (Lipinski definition) is 0. The Labute approximate surface area is 145 Å². The van der Waals surface area contributed by atoms with Gasteiger partial charge in [-0.05, 0) is 38.1 Å². The molecule has 4 aromatic rings. The molecule has 2 aromatic heterocycles. The molecule has 0 saturated heterocycles. The van der Waals surface area contributed by atoms with E-state index in [1.165, 1.54) is 5.56 Å². The van der Waals surface area contributed by atoms with E-state index in [2.05, 4.69) is 4.98 Å². The first-order chi connectivity index (χ1) is 12.2. The first kappa shape index (κ1) is 15.4. The molecule has 0 N–H and O–H groups in total. The van der Waals surface area contributed by atoms with Crippen LogP contribution in [0, 0.1) is 6.92 Å². The van der Waals surface area contributed by atoms with Gasteiger partial charge in [0.05, 0.1) is 23.3 Å². The van der Waals surface area contributed by atoms with Gasteiger partial charge in [0.15, 0.2) is 0 Å². The Morgan fingerprint density at radius 1 is 1.00 bits per heavy atom. The lowest BCUT2D eigenvalue weighted by molar-refractivity contribution is 0.571. The molecule has 0 atom stereocenters. The van der Waals surface area contributed by atoms with E-state index >= 15 is 0 Å². The van der Waals surface area contributed by atoms with Crippen LogP contribution in [0.2, 0.25) is 0 Å². The fraction of sp³-hybridized carbons (Fsp3) is 0.200. The first-order valence-corrected chi connectivity index (χ1v) is 8.37. The fourth-order valence-electron chi connectivity index (χ4n) is 3.10. The summed E-state index contributed by atoms with van der Waals surface area (Å²) in [5.41, 5.74) is 4.68. The summed E-state index contributed by atoms with van der Waals surface area (Å²) in [5, 5.41) is 0. The highest BCUT2D eigenvalue weighted by Crippen LogP contribution is 2.20. The maximum atomic E-state index is 12.7. The summed E-state index contributed by atoms with van der Waals surface area (Å²) in [7, 11) is 0. The zero-order chi connectivity index (χ0) is 17.4. The van der Waals surface area contributed by atoms with Gasteiger partial charge in [-0.3, -0.25) is 9.13 Å². The van der Waals surface area contributed by atoms with E-state index in [-0.39, 0.29) is 5.69 Å². The Morgan fingerprint density at radius 3 is 2.36 bits per heavy atom. The molecule has 25 heavy (non-hydrogen) atoms. The third kappa shape index (κ3) is 2.67. The van der Waals surface area contributed by atoms with Crippen LogP contribution in [0.1, 0.15) is 18.2 Å². The molecule has 0 saturated carbocycles. The van der Waals surface area contributed by atoms with E-state index in [0.717, 1.165) is 22.3 Å². The van der Waals surface area contributed by atoms with Gasteiger partial charge in [0, 0.05) is 12.1 Å². The van der Waals surface area contributed by atoms with Crippen LogP contribution in [0.5, 0.6) is 0 Å². The number of rotatable bonds is 4. The Hall–Kier alpha value is -3.08. The maximum absolute atomic E-state index is 12.7. The first-order valence-electron chi connectivity index (χ1n) is 8.37. The molecule has 0 aliphatic heterocycles. The van der Waals surface area contributed by atoms with Crippen LogP contribution in [0.15, 0.2) is 64.0 Å². The molecule has 0 unspecified atom stereocenters. The van der Waals surface area contributed by atoms with E-state index in [1.54, 1.807) is 15.4 Å². The molecule has 2 aromatic carbocycles. The van der Waals surface area contributed by atoms with Crippen molar-refractivity contribution in [2.45, 2.75) is 26.9 Å². The summed E-state index contributed by atoms with van der Waals surface area (Å²) in [6, 6.07) is 15.8. The largest absolute Gasteiger partial charge is 0.444 e. The molecule has 0 amide bonds. The zero-order valence-corrected chi connectivity index (χ0v) is 14.3. The second-order valence-electron chi connectivity index (χ2n) is 6.11. The number of benzene rings is 2. The van der Waals surface area contributed by atoms with Gasteiger partial charge in [0.2, 0.25) is 5.89 Å². The Morgan fingerprint density at radius 2 is 1.68 bits per heavy atom. The molecule has 0 bridgehead atoms. The van der Waals surface area contributed by atoms with E-state index < -0.39 is 0 Å². The highest BCUT2D eigenvalue weighted by molar-refractivity contribution is 5.76. The van der Waals surface area contributed by atoms with E-state index in [0.29, 0.717) is 19.0 Å². The van der Waals surface area contributed by atoms with Crippen LogP contribution in [-0.2, 0) is 13.1 Å². The van der Waals surface area contributed by atoms with Crippen molar-refractivity contribution >= 4 is 11.0 Å². The van der Waals surface area contributed by atoms with Gasteiger partial charge >= 0.3 is 5.69 Å². The van der Waals surface area contributed by atoms with Crippen LogP contribution >= 0.6 is 0 Å². The summed E-state index contributed by atoms with van der Waals surface area (Å²) in [4.78, 5) is 17.3. The molecule has 2 heterocycles. The van der Waals surface area contributed by atoms with E-state index in [9.17, 15) is 4.79 Å². The number of para-hydroxylation sites is 2. The van der Waals surface area contributed by atoms with E-state index in [4.69, 9.17) is 4.42 Å². The Kier molecular flexibility index (Phi) is 3.76. The number of aryl methyl sites for hydroxylation is 2. The van der Waals surface area contributed by atoms with Crippen molar-refractivity contribution in [1.82, 2.24) is 14.1 Å². The monoisotopic (exact) mass is 333 g/mol. The second kappa shape index (κ2) is 6.09. The molecule has 0 spiro atoms. The number of fused-ring (bicyclic) bond motifs is 1. The summed E-state index contributed by atoms with van der Waals surface area (Å²) in [6.07, 6.45) is 1.62. The minimum Gasteiger partial charge on any atom is -0.444 e. The van der Waals surface area contributed by atoms with Crippen molar-refractivity contribution in [1.29, 1.82) is 0 Å². The van der Waals surface area contributed by atoms with Crippen molar-refractivity contribution in [2.24, 2.45) is 0 Å². The molecular formula is C20H19N3O2. The summed E-state index contributed by atoms with van der Waals surface area (Å²) in [6.45, 7) is 5.05. The quantitative estimate of drug-likeness (QED) is 0.570. The van der Waals surface area contributed by atoms with Crippen LogP contribution in [0.25, 0.3) is 22.5 Å². The standard InChI is InChI=1S/C20H19N3O2/c1-3-22-17-6-4-5-7-18(17)23(20(22)24)12-16-13-25-19(21-16)15-10-8-14(2)9-11-15/h4-11,13H,3,12H2,1-2H3. The van der Waals surface area contributed by atoms with Gasteiger partial charge in [-0.15, -0.1) is 0 Å². The van der Waals surface area contributed by atoms with E-state index in [1.807, 2.05) is 62.4 Å². The average Bonchev–Trinajstić information content (AvgIpc) is 3.19. The SMILES string of the molecule is CCn1c(=O)n(Cc2coc(-c3ccc(C)cc3)n2)c2ccccc21. The predicted molar refractivity (Wildman–Crippen MR) is 97.7 cm³/mol. The number of hydrogen-bond acceptors (Lipinski definition) is 3. The highest BCUT2D eigenvalue weighted by atomic mass is 16.3. The molecule has 0 fully saturated rings. The molecule has 5 nitrogen and oxygen atoms in total. The number of nitrogens with zero attached hydrogens (tertiary/aromatic N) is 3. The number of imidazole rings is 1. The predicted octanol–water partition coefficient (Wildman–Crippen LogP) is 3.83. The van der Waals surface area contributed by atoms with Gasteiger partial charge in [0.1, 0.15) is 6.26 Å². The average molecular weight is 333 g/mol. The second-order valence-corrected chi connectivity index (χ2v) is 6.11. The van der Waals surface area contributed by atoms with Gasteiger partial charge in [-0.2, -0.15) is 0 Å². The lowest BCUT2D eigenvalue weighted by Crippen LogP contribution is -2.24. The normalized spacial score (nSPS) is 11.3. The molecule has 0 aliphatic rings. The van der Waals surface area contributed by atoms with Gasteiger partial charge in [-0.1, -0.05) is 29.8 Å². The number of oxazole rings is 1. The molecule has 0 aliphatic carbocycles. The highest BCUT2D eigenvalue weighted by Gasteiger charge is 2.14. The lowest BCUT2D eigenvalue weighted by atomic mass is 10.1. The number of aromatic nitrogens is 3. The van der Waals surface area contributed by atoms with Crippen molar-refractivity contribution in [3.63, 3.8) is 0 Å². The third-order valence-electron chi connectivity index (χ3n) is 4.41. The van der Waals surface area contributed by atoms with Gasteiger partial charge < -0.3 is 4.42 Å². The third-order valence-corrected chi connectivity index (χ3v) is 4.41. The molecule has 4 rings (SSSR count). The van der Waals surface area contributed by atoms with Gasteiger partial charge in [-0.25, -0.2) is 9.78 Å². The van der Waals surface area contributed by atoms with Crippen LogP contribution in [-0.4, -0.2) is 14.1 Å².